The molecule has 0 radical (unpaired) electrons. The highest BCUT2D eigenvalue weighted by Gasteiger charge is 2.09. The fraction of sp³-hybridized carbons (Fsp3) is 0.273. The van der Waals surface area contributed by atoms with Crippen molar-refractivity contribution in [3.8, 4) is 22.9 Å². The average molecular weight is 373 g/mol. The number of hydrogen-bond acceptors (Lipinski definition) is 2. The Kier molecular flexibility index (Phi) is 4.75. The van der Waals surface area contributed by atoms with E-state index in [0.29, 0.717) is 0 Å². The first-order valence-corrected chi connectivity index (χ1v) is 15.9. The van der Waals surface area contributed by atoms with Crippen molar-refractivity contribution in [3.05, 3.63) is 47.8 Å². The summed E-state index contributed by atoms with van der Waals surface area (Å²) < 4.78 is 0. The number of hydrogen-bond donors (Lipinski definition) is 0. The maximum Gasteiger partial charge on any atom is 0.129 e. The van der Waals surface area contributed by atoms with E-state index >= 15 is 0 Å². The van der Waals surface area contributed by atoms with Crippen LogP contribution in [0.4, 0.5) is 0 Å². The first kappa shape index (κ1) is 18.4. The molecule has 0 fully saturated rings. The number of nitrogens with zero attached hydrogens (tertiary/aromatic N) is 2. The molecule has 0 aliphatic heterocycles. The lowest BCUT2D eigenvalue weighted by atomic mass is 10.1. The van der Waals surface area contributed by atoms with Gasteiger partial charge in [0.05, 0.1) is 11.0 Å². The fourth-order valence-electron chi connectivity index (χ4n) is 2.45. The Labute approximate surface area is 158 Å². The molecule has 0 unspecified atom stereocenters. The largest absolute Gasteiger partial charge is 0.253 e. The number of pyridine rings is 2. The van der Waals surface area contributed by atoms with E-state index in [9.17, 15) is 0 Å². The van der Waals surface area contributed by atoms with Crippen LogP contribution in [0.5, 0.6) is 0 Å². The van der Waals surface area contributed by atoms with Crippen molar-refractivity contribution in [2.75, 3.05) is 0 Å². The highest BCUT2D eigenvalue weighted by molar-refractivity contribution is 6.84. The van der Waals surface area contributed by atoms with E-state index in [1.165, 1.54) is 0 Å². The molecule has 0 amide bonds. The first-order chi connectivity index (χ1) is 12.1. The molecule has 0 aliphatic carbocycles. The van der Waals surface area contributed by atoms with E-state index in [1.54, 1.807) is 0 Å². The van der Waals surface area contributed by atoms with E-state index in [0.717, 1.165) is 32.9 Å². The third kappa shape index (κ3) is 4.61. The summed E-state index contributed by atoms with van der Waals surface area (Å²) in [7, 11) is -2.78. The van der Waals surface area contributed by atoms with Gasteiger partial charge in [0.15, 0.2) is 0 Å². The van der Waals surface area contributed by atoms with Crippen molar-refractivity contribution >= 4 is 38.0 Å². The second-order valence-electron chi connectivity index (χ2n) is 8.66. The third-order valence-electron chi connectivity index (χ3n) is 3.66. The SMILES string of the molecule is C[Si](C)(C)C#Cc1cnc2c(ccc3cc(C#C[Si](C)(C)C)cnc32)c1. The normalized spacial score (nSPS) is 11.6. The highest BCUT2D eigenvalue weighted by atomic mass is 28.3. The van der Waals surface area contributed by atoms with E-state index < -0.39 is 16.1 Å². The van der Waals surface area contributed by atoms with Crippen molar-refractivity contribution in [2.24, 2.45) is 0 Å². The summed E-state index contributed by atoms with van der Waals surface area (Å²) in [4.78, 5) is 9.29. The minimum absolute atomic E-state index is 0.922. The Morgan fingerprint density at radius 1 is 0.654 bits per heavy atom. The van der Waals surface area contributed by atoms with Gasteiger partial charge in [0.2, 0.25) is 0 Å². The van der Waals surface area contributed by atoms with E-state index in [2.05, 4.69) is 96.4 Å². The third-order valence-corrected chi connectivity index (χ3v) is 5.41. The lowest BCUT2D eigenvalue weighted by Gasteiger charge is -2.06. The van der Waals surface area contributed by atoms with Crippen LogP contribution in [0.25, 0.3) is 21.8 Å². The summed E-state index contributed by atoms with van der Waals surface area (Å²) in [6, 6.07) is 8.41. The monoisotopic (exact) mass is 372 g/mol. The Morgan fingerprint density at radius 2 is 1.04 bits per heavy atom. The Morgan fingerprint density at radius 3 is 1.38 bits per heavy atom. The lowest BCUT2D eigenvalue weighted by molar-refractivity contribution is 1.36. The van der Waals surface area contributed by atoms with Gasteiger partial charge in [-0.2, -0.15) is 0 Å². The zero-order valence-corrected chi connectivity index (χ0v) is 18.4. The molecule has 2 nitrogen and oxygen atoms in total. The molecule has 0 atom stereocenters. The second kappa shape index (κ2) is 6.72. The lowest BCUT2D eigenvalue weighted by Crippen LogP contribution is -2.16. The Hall–Kier alpha value is -2.41. The van der Waals surface area contributed by atoms with Gasteiger partial charge in [-0.3, -0.25) is 9.97 Å². The molecule has 0 spiro atoms. The summed E-state index contributed by atoms with van der Waals surface area (Å²) in [6.45, 7) is 13.5. The van der Waals surface area contributed by atoms with E-state index in [-0.39, 0.29) is 0 Å². The molecule has 1 aromatic carbocycles. The molecule has 0 aliphatic rings. The average Bonchev–Trinajstić information content (AvgIpc) is 2.56. The summed E-state index contributed by atoms with van der Waals surface area (Å²) in [5.74, 6) is 6.56. The highest BCUT2D eigenvalue weighted by Crippen LogP contribution is 2.23. The van der Waals surface area contributed by atoms with Crippen LogP contribution in [0.1, 0.15) is 11.1 Å². The molecule has 0 saturated heterocycles. The molecule has 0 saturated carbocycles. The van der Waals surface area contributed by atoms with Crippen LogP contribution in [-0.2, 0) is 0 Å². The zero-order valence-electron chi connectivity index (χ0n) is 16.4. The molecule has 2 heterocycles. The van der Waals surface area contributed by atoms with Crippen LogP contribution in [0.2, 0.25) is 39.3 Å². The van der Waals surface area contributed by atoms with Crippen LogP contribution >= 0.6 is 0 Å². The van der Waals surface area contributed by atoms with Gasteiger partial charge in [-0.25, -0.2) is 0 Å². The molecule has 0 bridgehead atoms. The predicted octanol–water partition coefficient (Wildman–Crippen LogP) is 5.24. The van der Waals surface area contributed by atoms with Gasteiger partial charge in [-0.1, -0.05) is 63.3 Å². The number of rotatable bonds is 0. The van der Waals surface area contributed by atoms with Crippen LogP contribution in [0.3, 0.4) is 0 Å². The van der Waals surface area contributed by atoms with Crippen LogP contribution in [0.15, 0.2) is 36.7 Å². The minimum atomic E-state index is -1.39. The quantitative estimate of drug-likeness (QED) is 0.306. The Bertz CT molecular complexity index is 1020. The fourth-order valence-corrected chi connectivity index (χ4v) is 3.49. The standard InChI is InChI=1S/C22H24N2Si2/c1-25(2,3)11-9-17-13-19-7-8-20-14-18(10-12-26(4,5)6)16-24-22(20)21(19)23-15-17/h7-8,13-16H,1-6H3. The van der Waals surface area contributed by atoms with E-state index in [4.69, 9.17) is 0 Å². The molecule has 4 heteroatoms. The summed E-state index contributed by atoms with van der Waals surface area (Å²) in [5.41, 5.74) is 10.6. The minimum Gasteiger partial charge on any atom is -0.253 e. The van der Waals surface area contributed by atoms with Crippen LogP contribution in [-0.4, -0.2) is 26.1 Å². The smallest absolute Gasteiger partial charge is 0.129 e. The summed E-state index contributed by atoms with van der Waals surface area (Å²) in [6.07, 6.45) is 3.71. The molecular formula is C22H24N2Si2. The van der Waals surface area contributed by atoms with Gasteiger partial charge >= 0.3 is 0 Å². The predicted molar refractivity (Wildman–Crippen MR) is 117 cm³/mol. The zero-order chi connectivity index (χ0) is 18.9. The molecule has 0 N–H and O–H groups in total. The summed E-state index contributed by atoms with van der Waals surface area (Å²) in [5, 5.41) is 2.15. The topological polar surface area (TPSA) is 25.8 Å². The van der Waals surface area contributed by atoms with Gasteiger partial charge in [0, 0.05) is 34.3 Å². The van der Waals surface area contributed by atoms with Crippen molar-refractivity contribution in [3.63, 3.8) is 0 Å². The summed E-state index contributed by atoms with van der Waals surface area (Å²) >= 11 is 0. The van der Waals surface area contributed by atoms with Gasteiger partial charge in [-0.05, 0) is 12.1 Å². The van der Waals surface area contributed by atoms with Crippen molar-refractivity contribution < 1.29 is 0 Å². The molecule has 3 rings (SSSR count). The molecule has 2 aromatic heterocycles. The molecular weight excluding hydrogens is 348 g/mol. The number of aromatic nitrogens is 2. The maximum atomic E-state index is 4.65. The van der Waals surface area contributed by atoms with Crippen molar-refractivity contribution in [1.82, 2.24) is 9.97 Å². The maximum absolute atomic E-state index is 4.65. The van der Waals surface area contributed by atoms with Crippen molar-refractivity contribution in [2.45, 2.75) is 39.3 Å². The van der Waals surface area contributed by atoms with Crippen LogP contribution < -0.4 is 0 Å². The van der Waals surface area contributed by atoms with Gasteiger partial charge in [-0.15, -0.1) is 11.1 Å². The second-order valence-corrected chi connectivity index (χ2v) is 18.2. The van der Waals surface area contributed by atoms with Gasteiger partial charge in [0.1, 0.15) is 16.1 Å². The van der Waals surface area contributed by atoms with Crippen molar-refractivity contribution in [1.29, 1.82) is 0 Å². The van der Waals surface area contributed by atoms with Gasteiger partial charge < -0.3 is 0 Å². The number of benzene rings is 1. The van der Waals surface area contributed by atoms with Crippen LogP contribution in [0, 0.1) is 22.9 Å². The van der Waals surface area contributed by atoms with Gasteiger partial charge in [0.25, 0.3) is 0 Å². The molecule has 3 aromatic rings. The number of fused-ring (bicyclic) bond motifs is 3. The van der Waals surface area contributed by atoms with E-state index in [1.807, 2.05) is 12.4 Å². The molecule has 130 valence electrons. The first-order valence-electron chi connectivity index (χ1n) is 8.86. The molecule has 26 heavy (non-hydrogen) atoms. The Balaban J connectivity index is 2.06.